The highest BCUT2D eigenvalue weighted by atomic mass is 16.3. The van der Waals surface area contributed by atoms with Crippen LogP contribution in [0.1, 0.15) is 35.0 Å². The Bertz CT molecular complexity index is 814. The molecule has 1 atom stereocenters. The van der Waals surface area contributed by atoms with Crippen LogP contribution >= 0.6 is 0 Å². The zero-order valence-electron chi connectivity index (χ0n) is 12.0. The van der Waals surface area contributed by atoms with E-state index in [2.05, 4.69) is 9.97 Å². The molecular formula is C17H15N3O2. The summed E-state index contributed by atoms with van der Waals surface area (Å²) < 4.78 is 5.49. The second kappa shape index (κ2) is 5.26. The number of furan rings is 1. The lowest BCUT2D eigenvalue weighted by molar-refractivity contribution is 0.0720. The lowest BCUT2D eigenvalue weighted by atomic mass is 10.1. The molecule has 4 rings (SSSR count). The lowest BCUT2D eigenvalue weighted by Gasteiger charge is -2.23. The number of carbonyl (C=O) groups is 1. The summed E-state index contributed by atoms with van der Waals surface area (Å²) in [6.07, 6.45) is 6.87. The number of rotatable bonds is 2. The maximum atomic E-state index is 12.8. The molecule has 1 aliphatic heterocycles. The maximum absolute atomic E-state index is 12.8. The molecule has 0 N–H and O–H groups in total. The van der Waals surface area contributed by atoms with E-state index in [1.807, 2.05) is 35.2 Å². The van der Waals surface area contributed by atoms with Gasteiger partial charge < -0.3 is 9.32 Å². The van der Waals surface area contributed by atoms with Crippen LogP contribution in [-0.4, -0.2) is 27.3 Å². The zero-order valence-corrected chi connectivity index (χ0v) is 12.0. The predicted octanol–water partition coefficient (Wildman–Crippen LogP) is 3.20. The molecule has 0 saturated carbocycles. The Kier molecular flexibility index (Phi) is 3.11. The van der Waals surface area contributed by atoms with Crippen molar-refractivity contribution in [2.24, 2.45) is 0 Å². The van der Waals surface area contributed by atoms with Crippen molar-refractivity contribution in [2.45, 2.75) is 18.9 Å². The van der Waals surface area contributed by atoms with E-state index in [0.717, 1.165) is 36.2 Å². The summed E-state index contributed by atoms with van der Waals surface area (Å²) in [5.74, 6) is 0.873. The Morgan fingerprint density at radius 2 is 2.05 bits per heavy atom. The fourth-order valence-corrected chi connectivity index (χ4v) is 3.05. The summed E-state index contributed by atoms with van der Waals surface area (Å²) >= 11 is 0. The molecule has 110 valence electrons. The van der Waals surface area contributed by atoms with Crippen LogP contribution in [0.5, 0.6) is 0 Å². The number of carbonyl (C=O) groups excluding carboxylic acids is 1. The van der Waals surface area contributed by atoms with Gasteiger partial charge in [-0.2, -0.15) is 0 Å². The molecule has 0 spiro atoms. The average molecular weight is 293 g/mol. The van der Waals surface area contributed by atoms with E-state index >= 15 is 0 Å². The highest BCUT2D eigenvalue weighted by molar-refractivity contribution is 5.97. The van der Waals surface area contributed by atoms with E-state index in [1.165, 1.54) is 0 Å². The number of nitrogens with zero attached hydrogens (tertiary/aromatic N) is 3. The minimum Gasteiger partial charge on any atom is -0.467 e. The first-order valence-electron chi connectivity index (χ1n) is 7.38. The van der Waals surface area contributed by atoms with Crippen LogP contribution in [0.3, 0.4) is 0 Å². The maximum Gasteiger partial charge on any atom is 0.254 e. The van der Waals surface area contributed by atoms with Crippen LogP contribution < -0.4 is 0 Å². The molecule has 1 aliphatic rings. The van der Waals surface area contributed by atoms with Gasteiger partial charge in [-0.05, 0) is 43.2 Å². The van der Waals surface area contributed by atoms with Gasteiger partial charge in [0.15, 0.2) is 0 Å². The number of fused-ring (bicyclic) bond motifs is 1. The van der Waals surface area contributed by atoms with Crippen molar-refractivity contribution in [1.82, 2.24) is 14.9 Å². The summed E-state index contributed by atoms with van der Waals surface area (Å²) in [7, 11) is 0. The molecule has 1 aromatic carbocycles. The Morgan fingerprint density at radius 3 is 2.86 bits per heavy atom. The number of likely N-dealkylation sites (tertiary alicyclic amines) is 1. The third kappa shape index (κ3) is 2.15. The monoisotopic (exact) mass is 293 g/mol. The Labute approximate surface area is 127 Å². The fourth-order valence-electron chi connectivity index (χ4n) is 3.05. The third-order valence-corrected chi connectivity index (χ3v) is 4.10. The van der Waals surface area contributed by atoms with Gasteiger partial charge in [-0.25, -0.2) is 0 Å². The molecule has 0 radical (unpaired) electrons. The molecule has 0 unspecified atom stereocenters. The van der Waals surface area contributed by atoms with Crippen LogP contribution in [0.15, 0.2) is 53.4 Å². The van der Waals surface area contributed by atoms with Gasteiger partial charge in [-0.1, -0.05) is 0 Å². The fraction of sp³-hybridized carbons (Fsp3) is 0.235. The van der Waals surface area contributed by atoms with Gasteiger partial charge in [-0.3, -0.25) is 14.8 Å². The first-order chi connectivity index (χ1) is 10.8. The molecule has 22 heavy (non-hydrogen) atoms. The van der Waals surface area contributed by atoms with Gasteiger partial charge in [0.25, 0.3) is 5.91 Å². The Morgan fingerprint density at radius 1 is 1.18 bits per heavy atom. The lowest BCUT2D eigenvalue weighted by Crippen LogP contribution is -2.30. The Balaban J connectivity index is 1.67. The van der Waals surface area contributed by atoms with E-state index in [-0.39, 0.29) is 11.9 Å². The molecule has 3 heterocycles. The summed E-state index contributed by atoms with van der Waals surface area (Å²) in [5.41, 5.74) is 2.18. The smallest absolute Gasteiger partial charge is 0.254 e. The van der Waals surface area contributed by atoms with Gasteiger partial charge in [0.2, 0.25) is 0 Å². The average Bonchev–Trinajstić information content (AvgIpc) is 3.24. The molecule has 1 saturated heterocycles. The van der Waals surface area contributed by atoms with Crippen molar-refractivity contribution in [3.63, 3.8) is 0 Å². The highest BCUT2D eigenvalue weighted by Gasteiger charge is 2.32. The first kappa shape index (κ1) is 13.0. The summed E-state index contributed by atoms with van der Waals surface area (Å²) in [5, 5.41) is 0. The van der Waals surface area contributed by atoms with Gasteiger partial charge >= 0.3 is 0 Å². The molecule has 5 nitrogen and oxygen atoms in total. The standard InChI is InChI=1S/C17H15N3O2/c21-17(12-5-6-13-14(11-12)19-8-7-18-13)20-9-1-3-15(20)16-4-2-10-22-16/h2,4-8,10-11,15H,1,3,9H2/t15-/m1/s1. The molecule has 3 aromatic rings. The second-order valence-electron chi connectivity index (χ2n) is 5.43. The quantitative estimate of drug-likeness (QED) is 0.728. The topological polar surface area (TPSA) is 59.2 Å². The third-order valence-electron chi connectivity index (χ3n) is 4.10. The van der Waals surface area contributed by atoms with Crippen molar-refractivity contribution in [3.05, 3.63) is 60.3 Å². The summed E-state index contributed by atoms with van der Waals surface area (Å²) in [6, 6.07) is 9.29. The predicted molar refractivity (Wildman–Crippen MR) is 81.3 cm³/mol. The molecule has 0 bridgehead atoms. The zero-order chi connectivity index (χ0) is 14.9. The second-order valence-corrected chi connectivity index (χ2v) is 5.43. The molecular weight excluding hydrogens is 278 g/mol. The van der Waals surface area contributed by atoms with Gasteiger partial charge in [-0.15, -0.1) is 0 Å². The minimum atomic E-state index is 0.0199. The van der Waals surface area contributed by atoms with Gasteiger partial charge in [0, 0.05) is 24.5 Å². The van der Waals surface area contributed by atoms with Crippen molar-refractivity contribution >= 4 is 16.9 Å². The van der Waals surface area contributed by atoms with Gasteiger partial charge in [0.05, 0.1) is 23.3 Å². The minimum absolute atomic E-state index is 0.0199. The highest BCUT2D eigenvalue weighted by Crippen LogP contribution is 2.33. The normalized spacial score (nSPS) is 18.0. The molecule has 0 aliphatic carbocycles. The number of hydrogen-bond acceptors (Lipinski definition) is 4. The SMILES string of the molecule is O=C(c1ccc2nccnc2c1)N1CCC[C@@H]1c1ccco1. The Hall–Kier alpha value is -2.69. The molecule has 1 amide bonds. The van der Waals surface area contributed by atoms with Crippen molar-refractivity contribution < 1.29 is 9.21 Å². The largest absolute Gasteiger partial charge is 0.467 e. The number of hydrogen-bond donors (Lipinski definition) is 0. The van der Waals surface area contributed by atoms with Crippen molar-refractivity contribution in [3.8, 4) is 0 Å². The van der Waals surface area contributed by atoms with Crippen molar-refractivity contribution in [1.29, 1.82) is 0 Å². The summed E-state index contributed by atoms with van der Waals surface area (Å²) in [4.78, 5) is 23.2. The number of benzene rings is 1. The molecule has 5 heteroatoms. The molecule has 2 aromatic heterocycles. The van der Waals surface area contributed by atoms with E-state index in [1.54, 1.807) is 18.7 Å². The molecule has 1 fully saturated rings. The van der Waals surface area contributed by atoms with Crippen LogP contribution in [-0.2, 0) is 0 Å². The van der Waals surface area contributed by atoms with Crippen molar-refractivity contribution in [2.75, 3.05) is 6.54 Å². The van der Waals surface area contributed by atoms with Crippen LogP contribution in [0.2, 0.25) is 0 Å². The van der Waals surface area contributed by atoms with E-state index in [0.29, 0.717) is 5.56 Å². The first-order valence-corrected chi connectivity index (χ1v) is 7.38. The van der Waals surface area contributed by atoms with Gasteiger partial charge in [0.1, 0.15) is 5.76 Å². The van der Waals surface area contributed by atoms with Crippen LogP contribution in [0, 0.1) is 0 Å². The van der Waals surface area contributed by atoms with E-state index in [4.69, 9.17) is 4.42 Å². The van der Waals surface area contributed by atoms with Crippen LogP contribution in [0.4, 0.5) is 0 Å². The number of amides is 1. The number of aromatic nitrogens is 2. The van der Waals surface area contributed by atoms with E-state index in [9.17, 15) is 4.79 Å². The van der Waals surface area contributed by atoms with E-state index < -0.39 is 0 Å². The summed E-state index contributed by atoms with van der Waals surface area (Å²) in [6.45, 7) is 0.753. The van der Waals surface area contributed by atoms with Crippen LogP contribution in [0.25, 0.3) is 11.0 Å².